The van der Waals surface area contributed by atoms with E-state index in [9.17, 15) is 5.26 Å². The molecule has 0 amide bonds. The normalized spacial score (nSPS) is 23.6. The maximum atomic E-state index is 9.41. The molecule has 2 heterocycles. The molecule has 2 aliphatic rings. The number of aromatic nitrogens is 2. The second-order valence-electron chi connectivity index (χ2n) is 5.70. The number of hydrogen-bond donors (Lipinski definition) is 0. The number of piperazine rings is 1. The zero-order valence-corrected chi connectivity index (χ0v) is 12.2. The Labute approximate surface area is 120 Å². The number of hydrogen-bond acceptors (Lipinski definition) is 5. The standard InChI is InChI=1S/C15H21N5/c1-3-14-17-11(2)8-15(18-14)19-6-7-20(12-4-5-12)13(9-16)10-19/h8,12-13H,3-7,10H2,1-2H3. The molecule has 1 saturated heterocycles. The molecule has 2 fully saturated rings. The zero-order valence-electron chi connectivity index (χ0n) is 12.2. The van der Waals surface area contributed by atoms with Crippen LogP contribution < -0.4 is 4.90 Å². The molecule has 1 aliphatic heterocycles. The molecular weight excluding hydrogens is 250 g/mol. The van der Waals surface area contributed by atoms with Crippen molar-refractivity contribution < 1.29 is 0 Å². The van der Waals surface area contributed by atoms with Gasteiger partial charge in [0.1, 0.15) is 17.7 Å². The van der Waals surface area contributed by atoms with Gasteiger partial charge in [-0.1, -0.05) is 6.92 Å². The van der Waals surface area contributed by atoms with Crippen LogP contribution in [0.2, 0.25) is 0 Å². The van der Waals surface area contributed by atoms with Crippen LogP contribution in [0.3, 0.4) is 0 Å². The molecule has 1 aromatic rings. The fourth-order valence-electron chi connectivity index (χ4n) is 2.90. The van der Waals surface area contributed by atoms with E-state index < -0.39 is 0 Å². The summed E-state index contributed by atoms with van der Waals surface area (Å²) in [6.07, 6.45) is 3.36. The molecule has 106 valence electrons. The Morgan fingerprint density at radius 3 is 2.80 bits per heavy atom. The lowest BCUT2D eigenvalue weighted by molar-refractivity contribution is 0.203. The van der Waals surface area contributed by atoms with Gasteiger partial charge in [0.2, 0.25) is 0 Å². The fraction of sp³-hybridized carbons (Fsp3) is 0.667. The van der Waals surface area contributed by atoms with Crippen LogP contribution in [0.4, 0.5) is 5.82 Å². The second-order valence-corrected chi connectivity index (χ2v) is 5.70. The predicted molar refractivity (Wildman–Crippen MR) is 77.5 cm³/mol. The van der Waals surface area contributed by atoms with E-state index in [-0.39, 0.29) is 6.04 Å². The quantitative estimate of drug-likeness (QED) is 0.834. The summed E-state index contributed by atoms with van der Waals surface area (Å²) in [4.78, 5) is 13.6. The first-order valence-electron chi connectivity index (χ1n) is 7.46. The van der Waals surface area contributed by atoms with Crippen LogP contribution in [-0.4, -0.2) is 46.6 Å². The molecule has 5 nitrogen and oxygen atoms in total. The summed E-state index contributed by atoms with van der Waals surface area (Å²) in [5.41, 5.74) is 1.00. The first kappa shape index (κ1) is 13.3. The molecule has 0 N–H and O–H groups in total. The summed E-state index contributed by atoms with van der Waals surface area (Å²) in [6, 6.07) is 5.14. The highest BCUT2D eigenvalue weighted by atomic mass is 15.3. The van der Waals surface area contributed by atoms with Gasteiger partial charge in [-0.15, -0.1) is 0 Å². The highest BCUT2D eigenvalue weighted by molar-refractivity contribution is 5.41. The topological polar surface area (TPSA) is 56.1 Å². The van der Waals surface area contributed by atoms with Gasteiger partial charge < -0.3 is 4.90 Å². The molecule has 0 aromatic carbocycles. The summed E-state index contributed by atoms with van der Waals surface area (Å²) in [5, 5.41) is 9.41. The van der Waals surface area contributed by atoms with Gasteiger partial charge in [0.25, 0.3) is 0 Å². The monoisotopic (exact) mass is 271 g/mol. The van der Waals surface area contributed by atoms with Crippen molar-refractivity contribution in [2.45, 2.75) is 45.2 Å². The van der Waals surface area contributed by atoms with Gasteiger partial charge in [-0.3, -0.25) is 4.90 Å². The van der Waals surface area contributed by atoms with Crippen molar-refractivity contribution in [3.63, 3.8) is 0 Å². The van der Waals surface area contributed by atoms with Gasteiger partial charge in [0.15, 0.2) is 0 Å². The fourth-order valence-corrected chi connectivity index (χ4v) is 2.90. The second kappa shape index (κ2) is 5.37. The smallest absolute Gasteiger partial charge is 0.132 e. The summed E-state index contributed by atoms with van der Waals surface area (Å²) < 4.78 is 0. The van der Waals surface area contributed by atoms with E-state index >= 15 is 0 Å². The average molecular weight is 271 g/mol. The van der Waals surface area contributed by atoms with Gasteiger partial charge in [-0.05, 0) is 19.8 Å². The van der Waals surface area contributed by atoms with E-state index in [0.29, 0.717) is 6.04 Å². The lowest BCUT2D eigenvalue weighted by atomic mass is 10.1. The first-order chi connectivity index (χ1) is 9.71. The molecule has 0 bridgehead atoms. The average Bonchev–Trinajstić information content (AvgIpc) is 3.30. The molecular formula is C15H21N5. The Kier molecular flexibility index (Phi) is 3.58. The van der Waals surface area contributed by atoms with Gasteiger partial charge >= 0.3 is 0 Å². The van der Waals surface area contributed by atoms with Crippen molar-refractivity contribution >= 4 is 5.82 Å². The van der Waals surface area contributed by atoms with E-state index in [4.69, 9.17) is 0 Å². The Balaban J connectivity index is 1.78. The maximum absolute atomic E-state index is 9.41. The summed E-state index contributed by atoms with van der Waals surface area (Å²) in [5.74, 6) is 1.86. The highest BCUT2D eigenvalue weighted by Crippen LogP contribution is 2.31. The third-order valence-electron chi connectivity index (χ3n) is 4.11. The van der Waals surface area contributed by atoms with Gasteiger partial charge in [-0.25, -0.2) is 9.97 Å². The van der Waals surface area contributed by atoms with Crippen molar-refractivity contribution in [3.8, 4) is 6.07 Å². The molecule has 3 rings (SSSR count). The largest absolute Gasteiger partial charge is 0.353 e. The number of nitriles is 1. The third kappa shape index (κ3) is 2.61. The van der Waals surface area contributed by atoms with Crippen LogP contribution in [0, 0.1) is 18.3 Å². The molecule has 20 heavy (non-hydrogen) atoms. The summed E-state index contributed by atoms with van der Waals surface area (Å²) in [6.45, 7) is 6.75. The van der Waals surface area contributed by atoms with Crippen LogP contribution in [0.15, 0.2) is 6.07 Å². The van der Waals surface area contributed by atoms with Crippen molar-refractivity contribution in [1.82, 2.24) is 14.9 Å². The third-order valence-corrected chi connectivity index (χ3v) is 4.11. The Morgan fingerprint density at radius 2 is 2.15 bits per heavy atom. The number of nitrogens with zero attached hydrogens (tertiary/aromatic N) is 5. The molecule has 1 saturated carbocycles. The van der Waals surface area contributed by atoms with Crippen molar-refractivity contribution in [2.24, 2.45) is 0 Å². The first-order valence-corrected chi connectivity index (χ1v) is 7.46. The van der Waals surface area contributed by atoms with Crippen LogP contribution in [0.5, 0.6) is 0 Å². The lowest BCUT2D eigenvalue weighted by Crippen LogP contribution is -2.53. The van der Waals surface area contributed by atoms with Crippen molar-refractivity contribution in [2.75, 3.05) is 24.5 Å². The highest BCUT2D eigenvalue weighted by Gasteiger charge is 2.37. The summed E-state index contributed by atoms with van der Waals surface area (Å²) >= 11 is 0. The Morgan fingerprint density at radius 1 is 1.35 bits per heavy atom. The number of anilines is 1. The minimum atomic E-state index is -0.00315. The van der Waals surface area contributed by atoms with Crippen LogP contribution in [-0.2, 0) is 6.42 Å². The molecule has 1 aromatic heterocycles. The Hall–Kier alpha value is -1.67. The molecule has 0 spiro atoms. The van der Waals surface area contributed by atoms with Gasteiger partial charge in [0, 0.05) is 43.9 Å². The maximum Gasteiger partial charge on any atom is 0.132 e. The molecule has 5 heteroatoms. The van der Waals surface area contributed by atoms with Crippen LogP contribution in [0.25, 0.3) is 0 Å². The van der Waals surface area contributed by atoms with E-state index in [1.807, 2.05) is 13.0 Å². The molecule has 0 radical (unpaired) electrons. The molecule has 1 unspecified atom stereocenters. The van der Waals surface area contributed by atoms with Crippen molar-refractivity contribution in [3.05, 3.63) is 17.6 Å². The predicted octanol–water partition coefficient (Wildman–Crippen LogP) is 1.52. The summed E-state index contributed by atoms with van der Waals surface area (Å²) in [7, 11) is 0. The van der Waals surface area contributed by atoms with Crippen LogP contribution >= 0.6 is 0 Å². The Bertz CT molecular complexity index is 532. The van der Waals surface area contributed by atoms with Crippen LogP contribution in [0.1, 0.15) is 31.3 Å². The number of rotatable bonds is 3. The van der Waals surface area contributed by atoms with E-state index in [1.165, 1.54) is 12.8 Å². The molecule has 1 aliphatic carbocycles. The van der Waals surface area contributed by atoms with E-state index in [2.05, 4.69) is 32.8 Å². The minimum absolute atomic E-state index is 0.00315. The van der Waals surface area contributed by atoms with E-state index in [0.717, 1.165) is 43.4 Å². The minimum Gasteiger partial charge on any atom is -0.353 e. The SMILES string of the molecule is CCc1nc(C)cc(N2CCN(C3CC3)C(C#N)C2)n1. The number of aryl methyl sites for hydroxylation is 2. The van der Waals surface area contributed by atoms with Gasteiger partial charge in [-0.2, -0.15) is 5.26 Å². The van der Waals surface area contributed by atoms with E-state index in [1.54, 1.807) is 0 Å². The lowest BCUT2D eigenvalue weighted by Gasteiger charge is -2.39. The zero-order chi connectivity index (χ0) is 14.1. The van der Waals surface area contributed by atoms with Gasteiger partial charge in [0.05, 0.1) is 6.07 Å². The molecule has 1 atom stereocenters. The van der Waals surface area contributed by atoms with Crippen molar-refractivity contribution in [1.29, 1.82) is 5.26 Å².